The number of carbonyl (C=O) groups excluding carboxylic acids is 2. The van der Waals surface area contributed by atoms with E-state index >= 15 is 0 Å². The molecule has 0 amide bonds. The lowest BCUT2D eigenvalue weighted by atomic mass is 9.32. The summed E-state index contributed by atoms with van der Waals surface area (Å²) < 4.78 is 5.52. The van der Waals surface area contributed by atoms with E-state index in [0.29, 0.717) is 35.4 Å². The van der Waals surface area contributed by atoms with Crippen molar-refractivity contribution in [3.05, 3.63) is 23.9 Å². The van der Waals surface area contributed by atoms with E-state index in [1.165, 1.54) is 24.8 Å². The SMILES string of the molecule is C=C(C)[C@@H]1CCC2(C(=O)OC)CC[C@]3(C)C(CCC4[C@@]5(C)C/C(=C/N(C)C)C(=O)C(C)(C)C5CC[C@]43C)C12. The zero-order chi connectivity index (χ0) is 28.1. The minimum atomic E-state index is -0.340. The Morgan fingerprint density at radius 2 is 1.63 bits per heavy atom. The molecule has 0 saturated heterocycles. The normalized spacial score (nSPS) is 48.4. The van der Waals surface area contributed by atoms with Crippen molar-refractivity contribution >= 4 is 11.8 Å². The Labute approximate surface area is 232 Å². The maximum atomic E-state index is 13.7. The van der Waals surface area contributed by atoms with Gasteiger partial charge in [0.25, 0.3) is 0 Å². The quantitative estimate of drug-likeness (QED) is 0.219. The van der Waals surface area contributed by atoms with Crippen LogP contribution < -0.4 is 0 Å². The van der Waals surface area contributed by atoms with Gasteiger partial charge in [0.15, 0.2) is 5.78 Å². The van der Waals surface area contributed by atoms with Gasteiger partial charge in [-0.25, -0.2) is 0 Å². The number of esters is 1. The third kappa shape index (κ3) is 3.39. The molecule has 4 nitrogen and oxygen atoms in total. The van der Waals surface area contributed by atoms with E-state index in [2.05, 4.69) is 59.2 Å². The highest BCUT2D eigenvalue weighted by molar-refractivity contribution is 6.00. The third-order valence-corrected chi connectivity index (χ3v) is 13.7. The molecule has 212 valence electrons. The molecule has 5 saturated carbocycles. The van der Waals surface area contributed by atoms with Gasteiger partial charge in [0.05, 0.1) is 12.5 Å². The minimum absolute atomic E-state index is 0.0299. The number of Topliss-reactive ketones (excluding diaryl/α,β-unsaturated/α-hetero) is 1. The Balaban J connectivity index is 1.59. The summed E-state index contributed by atoms with van der Waals surface area (Å²) in [6.45, 7) is 18.8. The van der Waals surface area contributed by atoms with Crippen LogP contribution in [-0.4, -0.2) is 37.9 Å². The summed E-state index contributed by atoms with van der Waals surface area (Å²) in [5.74, 6) is 2.62. The molecular weight excluding hydrogens is 470 g/mol. The second kappa shape index (κ2) is 8.71. The Morgan fingerprint density at radius 1 is 0.947 bits per heavy atom. The molecule has 38 heavy (non-hydrogen) atoms. The summed E-state index contributed by atoms with van der Waals surface area (Å²) in [6, 6.07) is 0. The molecule has 0 aliphatic heterocycles. The molecule has 0 bridgehead atoms. The number of fused-ring (bicyclic) bond motifs is 7. The summed E-state index contributed by atoms with van der Waals surface area (Å²) in [6.07, 6.45) is 11.7. The van der Waals surface area contributed by atoms with Gasteiger partial charge < -0.3 is 9.64 Å². The number of hydrogen-bond donors (Lipinski definition) is 0. The predicted octanol–water partition coefficient (Wildman–Crippen LogP) is 7.44. The summed E-state index contributed by atoms with van der Waals surface area (Å²) in [5.41, 5.74) is 2.04. The van der Waals surface area contributed by atoms with Gasteiger partial charge in [0.1, 0.15) is 0 Å². The van der Waals surface area contributed by atoms with E-state index in [-0.39, 0.29) is 33.0 Å². The number of ketones is 1. The fourth-order valence-electron chi connectivity index (χ4n) is 12.0. The molecule has 5 aliphatic carbocycles. The molecule has 5 rings (SSSR count). The molecule has 0 aromatic rings. The second-order valence-corrected chi connectivity index (χ2v) is 15.7. The van der Waals surface area contributed by atoms with Crippen LogP contribution in [0, 0.1) is 56.7 Å². The molecular formula is C34H53NO3. The van der Waals surface area contributed by atoms with Gasteiger partial charge in [-0.05, 0) is 111 Å². The van der Waals surface area contributed by atoms with Crippen molar-refractivity contribution in [2.24, 2.45) is 56.7 Å². The number of hydrogen-bond acceptors (Lipinski definition) is 4. The van der Waals surface area contributed by atoms with Crippen LogP contribution in [0.4, 0.5) is 0 Å². The average Bonchev–Trinajstić information content (AvgIpc) is 3.23. The molecule has 5 aliphatic rings. The largest absolute Gasteiger partial charge is 0.469 e. The minimum Gasteiger partial charge on any atom is -0.469 e. The molecule has 0 aromatic carbocycles. The Hall–Kier alpha value is -1.58. The number of nitrogens with zero attached hydrogens (tertiary/aromatic N) is 1. The monoisotopic (exact) mass is 523 g/mol. The van der Waals surface area contributed by atoms with Crippen molar-refractivity contribution < 1.29 is 14.3 Å². The summed E-state index contributed by atoms with van der Waals surface area (Å²) in [4.78, 5) is 29.2. The number of carbonyl (C=O) groups is 2. The first kappa shape index (κ1) is 28.0. The maximum Gasteiger partial charge on any atom is 0.312 e. The first-order valence-corrected chi connectivity index (χ1v) is 15.3. The van der Waals surface area contributed by atoms with Gasteiger partial charge in [0.2, 0.25) is 0 Å². The molecule has 0 spiro atoms. The van der Waals surface area contributed by atoms with Crippen molar-refractivity contribution in [2.45, 2.75) is 99.3 Å². The highest BCUT2D eigenvalue weighted by atomic mass is 16.5. The zero-order valence-corrected chi connectivity index (χ0v) is 25.7. The first-order valence-electron chi connectivity index (χ1n) is 15.3. The zero-order valence-electron chi connectivity index (χ0n) is 25.7. The predicted molar refractivity (Wildman–Crippen MR) is 153 cm³/mol. The van der Waals surface area contributed by atoms with Crippen molar-refractivity contribution in [2.75, 3.05) is 21.2 Å². The highest BCUT2D eigenvalue weighted by Crippen LogP contribution is 2.77. The fourth-order valence-corrected chi connectivity index (χ4v) is 12.0. The van der Waals surface area contributed by atoms with Gasteiger partial charge >= 0.3 is 5.97 Å². The van der Waals surface area contributed by atoms with Crippen LogP contribution in [0.5, 0.6) is 0 Å². The lowest BCUT2D eigenvalue weighted by molar-refractivity contribution is -0.232. The van der Waals surface area contributed by atoms with E-state index in [1.54, 1.807) is 7.11 Å². The average molecular weight is 524 g/mol. The lowest BCUT2D eigenvalue weighted by Gasteiger charge is -2.72. The van der Waals surface area contributed by atoms with Crippen LogP contribution in [0.25, 0.3) is 0 Å². The number of ether oxygens (including phenoxy) is 1. The van der Waals surface area contributed by atoms with Gasteiger partial charge in [-0.3, -0.25) is 9.59 Å². The van der Waals surface area contributed by atoms with Crippen LogP contribution in [0.3, 0.4) is 0 Å². The number of allylic oxidation sites excluding steroid dienone is 2. The fraction of sp³-hybridized carbons (Fsp3) is 0.824. The Bertz CT molecular complexity index is 1070. The molecule has 4 heteroatoms. The van der Waals surface area contributed by atoms with Crippen LogP contribution in [0.15, 0.2) is 23.9 Å². The summed E-state index contributed by atoms with van der Waals surface area (Å²) in [5, 5.41) is 0. The van der Waals surface area contributed by atoms with Gasteiger partial charge in [-0.1, -0.05) is 46.8 Å². The Morgan fingerprint density at radius 3 is 2.24 bits per heavy atom. The van der Waals surface area contributed by atoms with E-state index in [4.69, 9.17) is 4.74 Å². The van der Waals surface area contributed by atoms with Crippen molar-refractivity contribution in [3.63, 3.8) is 0 Å². The van der Waals surface area contributed by atoms with Gasteiger partial charge in [0, 0.05) is 31.3 Å². The first-order chi connectivity index (χ1) is 17.6. The third-order valence-electron chi connectivity index (χ3n) is 13.7. The molecule has 0 radical (unpaired) electrons. The van der Waals surface area contributed by atoms with Crippen LogP contribution in [0.2, 0.25) is 0 Å². The highest BCUT2D eigenvalue weighted by Gasteiger charge is 2.72. The second-order valence-electron chi connectivity index (χ2n) is 15.7. The Kier molecular flexibility index (Phi) is 6.41. The van der Waals surface area contributed by atoms with E-state index in [0.717, 1.165) is 44.1 Å². The van der Waals surface area contributed by atoms with Gasteiger partial charge in [-0.15, -0.1) is 0 Å². The standard InChI is InChI=1S/C34H53NO3/c1-21(2)23-13-16-34(29(37)38-10)18-17-32(6)24(27(23)34)11-12-26-31(5)19-22(20-35(8)9)28(36)30(3,4)25(31)14-15-33(26,32)7/h20,23-27H,1,11-19H2,2-10H3/b22-20-/t23-,24?,25?,26?,27?,31-,32+,33+,34?/m0/s1. The molecule has 0 aromatic heterocycles. The molecule has 5 unspecified atom stereocenters. The van der Waals surface area contributed by atoms with E-state index in [9.17, 15) is 9.59 Å². The van der Waals surface area contributed by atoms with Crippen LogP contribution >= 0.6 is 0 Å². The topological polar surface area (TPSA) is 46.6 Å². The van der Waals surface area contributed by atoms with Crippen LogP contribution in [0.1, 0.15) is 99.3 Å². The van der Waals surface area contributed by atoms with Gasteiger partial charge in [-0.2, -0.15) is 0 Å². The van der Waals surface area contributed by atoms with E-state index < -0.39 is 0 Å². The summed E-state index contributed by atoms with van der Waals surface area (Å²) in [7, 11) is 5.66. The lowest BCUT2D eigenvalue weighted by Crippen LogP contribution is -2.67. The summed E-state index contributed by atoms with van der Waals surface area (Å²) >= 11 is 0. The van der Waals surface area contributed by atoms with Crippen molar-refractivity contribution in [1.82, 2.24) is 4.90 Å². The van der Waals surface area contributed by atoms with Crippen molar-refractivity contribution in [3.8, 4) is 0 Å². The number of methoxy groups -OCH3 is 1. The van der Waals surface area contributed by atoms with E-state index in [1.807, 2.05) is 14.1 Å². The smallest absolute Gasteiger partial charge is 0.312 e. The molecule has 9 atom stereocenters. The molecule has 0 heterocycles. The number of rotatable bonds is 3. The molecule has 5 fully saturated rings. The van der Waals surface area contributed by atoms with Crippen LogP contribution in [-0.2, 0) is 14.3 Å². The molecule has 0 N–H and O–H groups in total. The van der Waals surface area contributed by atoms with Crippen molar-refractivity contribution in [1.29, 1.82) is 0 Å². The maximum absolute atomic E-state index is 13.7.